The normalized spacial score (nSPS) is 29.1. The number of aromatic nitrogens is 2. The number of piperazine rings is 1. The van der Waals surface area contributed by atoms with Crippen molar-refractivity contribution in [1.82, 2.24) is 25.1 Å². The highest BCUT2D eigenvalue weighted by atomic mass is 19.4. The second-order valence-corrected chi connectivity index (χ2v) is 19.6. The van der Waals surface area contributed by atoms with E-state index in [1.807, 2.05) is 24.3 Å². The number of piperidine rings is 1. The highest BCUT2D eigenvalue weighted by Crippen LogP contribution is 2.62. The third-order valence-electron chi connectivity index (χ3n) is 15.5. The molecule has 3 aliphatic heterocycles. The number of aromatic hydroxyl groups is 1. The molecule has 63 heavy (non-hydrogen) atoms. The van der Waals surface area contributed by atoms with Gasteiger partial charge >= 0.3 is 6.18 Å². The van der Waals surface area contributed by atoms with E-state index in [0.717, 1.165) is 82.4 Å². The average Bonchev–Trinajstić information content (AvgIpc) is 3.59. The summed E-state index contributed by atoms with van der Waals surface area (Å²) in [5.41, 5.74) is 3.72. The topological polar surface area (TPSA) is 126 Å². The minimum atomic E-state index is -4.46. The number of aliphatic hydroxyl groups is 1. The van der Waals surface area contributed by atoms with E-state index in [1.165, 1.54) is 68.6 Å². The molecule has 7 unspecified atom stereocenters. The Morgan fingerprint density at radius 2 is 1.75 bits per heavy atom. The first-order valence-corrected chi connectivity index (χ1v) is 23.6. The second-order valence-electron chi connectivity index (χ2n) is 19.6. The Bertz CT molecular complexity index is 1970. The van der Waals surface area contributed by atoms with Crippen LogP contribution in [0.4, 0.5) is 24.7 Å². The van der Waals surface area contributed by atoms with Crippen molar-refractivity contribution in [2.45, 2.75) is 102 Å². The van der Waals surface area contributed by atoms with E-state index in [1.54, 1.807) is 0 Å². The summed E-state index contributed by atoms with van der Waals surface area (Å²) in [6.07, 6.45) is 8.79. The zero-order chi connectivity index (χ0) is 44.1. The first kappa shape index (κ1) is 45.6. The minimum Gasteiger partial charge on any atom is -0.508 e. The van der Waals surface area contributed by atoms with Crippen molar-refractivity contribution in [3.05, 3.63) is 77.2 Å². The number of hydrogen-bond acceptors (Lipinski definition) is 10. The van der Waals surface area contributed by atoms with Gasteiger partial charge in [-0.15, -0.1) is 0 Å². The summed E-state index contributed by atoms with van der Waals surface area (Å²) in [7, 11) is 2.22. The summed E-state index contributed by atoms with van der Waals surface area (Å²) >= 11 is 0. The Hall–Kier alpha value is -3.98. The lowest BCUT2D eigenvalue weighted by Crippen LogP contribution is -2.47. The smallest absolute Gasteiger partial charge is 0.434 e. The molecule has 3 aliphatic carbocycles. The van der Waals surface area contributed by atoms with Crippen LogP contribution in [0.3, 0.4) is 0 Å². The average molecular weight is 876 g/mol. The van der Waals surface area contributed by atoms with Crippen molar-refractivity contribution < 1.29 is 32.9 Å². The summed E-state index contributed by atoms with van der Waals surface area (Å²) in [5, 5.41) is 27.3. The zero-order valence-electron chi connectivity index (χ0n) is 37.2. The van der Waals surface area contributed by atoms with E-state index < -0.39 is 11.9 Å². The summed E-state index contributed by atoms with van der Waals surface area (Å²) < 4.78 is 42.4. The van der Waals surface area contributed by atoms with Crippen molar-refractivity contribution in [2.75, 3.05) is 82.8 Å². The molecule has 0 radical (unpaired) electrons. The number of amides is 1. The van der Waals surface area contributed by atoms with Crippen molar-refractivity contribution in [1.29, 1.82) is 0 Å². The number of phenolic OH excluding ortho intramolecular Hbond substituents is 1. The molecule has 14 heteroatoms. The van der Waals surface area contributed by atoms with Crippen LogP contribution in [0.15, 0.2) is 54.9 Å². The number of anilines is 2. The van der Waals surface area contributed by atoms with Crippen molar-refractivity contribution >= 4 is 17.4 Å². The largest absolute Gasteiger partial charge is 0.508 e. The number of alkyl halides is 3. The lowest BCUT2D eigenvalue weighted by atomic mass is 9.52. The number of halogens is 3. The van der Waals surface area contributed by atoms with Gasteiger partial charge < -0.3 is 40.3 Å². The first-order chi connectivity index (χ1) is 30.3. The van der Waals surface area contributed by atoms with Crippen molar-refractivity contribution in [3.8, 4) is 5.75 Å². The van der Waals surface area contributed by atoms with Crippen LogP contribution >= 0.6 is 0 Å². The molecule has 0 bridgehead atoms. The van der Waals surface area contributed by atoms with Crippen LogP contribution in [0.1, 0.15) is 104 Å². The van der Waals surface area contributed by atoms with Gasteiger partial charge in [-0.3, -0.25) is 9.78 Å². The minimum absolute atomic E-state index is 0.00142. The lowest BCUT2D eigenvalue weighted by Gasteiger charge is -2.53. The van der Waals surface area contributed by atoms with Crippen LogP contribution in [0.2, 0.25) is 0 Å². The zero-order valence-corrected chi connectivity index (χ0v) is 37.2. The molecule has 1 aromatic heterocycles. The fourth-order valence-electron chi connectivity index (χ4n) is 11.9. The monoisotopic (exact) mass is 876 g/mol. The quantitative estimate of drug-likeness (QED) is 0.152. The number of hydrogen-bond donors (Lipinski definition) is 4. The van der Waals surface area contributed by atoms with Crippen LogP contribution in [0, 0.1) is 29.1 Å². The number of fused-ring (bicyclic) bond motifs is 5. The number of ether oxygens (including phenoxy) is 1. The van der Waals surface area contributed by atoms with Crippen molar-refractivity contribution in [3.63, 3.8) is 0 Å². The molecule has 3 aromatic rings. The predicted molar refractivity (Wildman–Crippen MR) is 239 cm³/mol. The molecule has 11 nitrogen and oxygen atoms in total. The number of phenols is 1. The number of nitrogens with zero attached hydrogens (tertiary/aromatic N) is 5. The standard InChI is InChI=1S/C39H56N4O3.C10H12F3N3O/c1-39-16-13-34-33-10-9-32(44)25-30(33)24-29(37(34)35(39)11-12-36(39)45)4-3-17-40-38(46)28-5-7-31(8-6-28)43-18-14-27(15-19-43)26-42-22-20-41(2)21-23-42;11-10(12,13)8-4-14-5-9(16-8)15-7-2-1-3-17-6-7/h5-10,25,27,29,34-37,44-45H,3-4,11-24,26H2,1-2H3,(H,40,46);4-5,7H,1-3,6H2,(H,15,16). The molecule has 4 N–H and O–H groups in total. The highest BCUT2D eigenvalue weighted by molar-refractivity contribution is 5.94. The van der Waals surface area contributed by atoms with Gasteiger partial charge in [-0.1, -0.05) is 13.0 Å². The number of likely N-dealkylation sites (N-methyl/N-ethyl adjacent to an activating group) is 1. The molecular formula is C49H68F3N7O4. The highest BCUT2D eigenvalue weighted by Gasteiger charge is 2.56. The van der Waals surface area contributed by atoms with Gasteiger partial charge in [-0.05, 0) is 160 Å². The van der Waals surface area contributed by atoms with Crippen molar-refractivity contribution in [2.24, 2.45) is 29.1 Å². The number of benzene rings is 2. The Morgan fingerprint density at radius 3 is 2.48 bits per heavy atom. The molecule has 2 saturated carbocycles. The van der Waals surface area contributed by atoms with E-state index in [2.05, 4.69) is 67.5 Å². The lowest BCUT2D eigenvalue weighted by molar-refractivity contribution is -0.141. The van der Waals surface area contributed by atoms with E-state index >= 15 is 0 Å². The maximum Gasteiger partial charge on any atom is 0.434 e. The van der Waals surface area contributed by atoms with E-state index in [-0.39, 0.29) is 29.3 Å². The molecule has 4 heterocycles. The Balaban J connectivity index is 0.000000268. The number of nitrogens with one attached hydrogen (secondary N) is 2. The Kier molecular flexibility index (Phi) is 14.5. The third-order valence-corrected chi connectivity index (χ3v) is 15.5. The number of rotatable bonds is 10. The van der Waals surface area contributed by atoms with Gasteiger partial charge in [0, 0.05) is 70.2 Å². The van der Waals surface area contributed by atoms with Gasteiger partial charge in [0.15, 0.2) is 5.69 Å². The van der Waals surface area contributed by atoms with Gasteiger partial charge in [0.1, 0.15) is 11.6 Å². The van der Waals surface area contributed by atoms with Gasteiger partial charge in [0.25, 0.3) is 5.91 Å². The molecule has 5 fully saturated rings. The van der Waals surface area contributed by atoms with Crippen LogP contribution in [0.25, 0.3) is 0 Å². The summed E-state index contributed by atoms with van der Waals surface area (Å²) in [4.78, 5) is 27.7. The Morgan fingerprint density at radius 1 is 0.968 bits per heavy atom. The molecule has 7 atom stereocenters. The molecule has 9 rings (SSSR count). The predicted octanol–water partition coefficient (Wildman–Crippen LogP) is 7.60. The van der Waals surface area contributed by atoms with Gasteiger partial charge in [-0.25, -0.2) is 4.98 Å². The van der Waals surface area contributed by atoms with Gasteiger partial charge in [-0.2, -0.15) is 13.2 Å². The third kappa shape index (κ3) is 10.9. The summed E-state index contributed by atoms with van der Waals surface area (Å²) in [6, 6.07) is 14.2. The summed E-state index contributed by atoms with van der Waals surface area (Å²) in [5.74, 6) is 3.42. The molecule has 6 aliphatic rings. The number of aliphatic hydroxyl groups excluding tert-OH is 1. The molecular weight excluding hydrogens is 808 g/mol. The Labute approximate surface area is 371 Å². The van der Waals surface area contributed by atoms with Crippen LogP contribution in [-0.4, -0.2) is 121 Å². The first-order valence-electron chi connectivity index (χ1n) is 23.6. The van der Waals surface area contributed by atoms with Gasteiger partial charge in [0.2, 0.25) is 0 Å². The second kappa shape index (κ2) is 20.0. The fourth-order valence-corrected chi connectivity index (χ4v) is 11.9. The molecule has 0 spiro atoms. The molecule has 344 valence electrons. The molecule has 3 saturated heterocycles. The van der Waals surface area contributed by atoms with E-state index in [0.29, 0.717) is 55.4 Å². The fraction of sp³-hybridized carbons (Fsp3) is 0.653. The maximum atomic E-state index is 13.1. The maximum absolute atomic E-state index is 13.1. The SMILES string of the molecule is CN1CCN(CC2CCN(c3ccc(C(=O)NCCCC4Cc5cc(O)ccc5C5CCC6(C)C(O)CCC6C45)cc3)CC2)CC1.FC(F)(F)c1cncc(NC2CCCOC2)n1. The molecule has 2 aromatic carbocycles. The number of carbonyl (C=O) groups is 1. The molecule has 1 amide bonds. The van der Waals surface area contributed by atoms with E-state index in [4.69, 9.17) is 4.74 Å². The number of carbonyl (C=O) groups excluding carboxylic acids is 1. The van der Waals surface area contributed by atoms with Crippen LogP contribution in [0.5, 0.6) is 5.75 Å². The van der Waals surface area contributed by atoms with Crippen LogP contribution in [-0.2, 0) is 17.3 Å². The van der Waals surface area contributed by atoms with Gasteiger partial charge in [0.05, 0.1) is 31.1 Å². The van der Waals surface area contributed by atoms with E-state index in [9.17, 15) is 28.2 Å². The van der Waals surface area contributed by atoms with Crippen LogP contribution < -0.4 is 15.5 Å². The summed E-state index contributed by atoms with van der Waals surface area (Å²) in [6.45, 7) is 12.4.